The van der Waals surface area contributed by atoms with Crippen LogP contribution in [0.25, 0.3) is 0 Å². The lowest BCUT2D eigenvalue weighted by Crippen LogP contribution is -2.01. The lowest BCUT2D eigenvalue weighted by molar-refractivity contribution is 0.606. The molecule has 2 aromatic rings. The summed E-state index contributed by atoms with van der Waals surface area (Å²) < 4.78 is 14.9. The van der Waals surface area contributed by atoms with Gasteiger partial charge in [0.2, 0.25) is 0 Å². The fourth-order valence-corrected chi connectivity index (χ4v) is 1.53. The van der Waals surface area contributed by atoms with Gasteiger partial charge in [-0.3, -0.25) is 4.68 Å². The molecule has 72 valence electrons. The highest BCUT2D eigenvalue weighted by Crippen LogP contribution is 2.15. The van der Waals surface area contributed by atoms with E-state index in [0.717, 1.165) is 5.56 Å². The van der Waals surface area contributed by atoms with E-state index in [-0.39, 0.29) is 5.82 Å². The van der Waals surface area contributed by atoms with Crippen LogP contribution in [0.4, 0.5) is 4.39 Å². The Hall–Kier alpha value is -1.16. The van der Waals surface area contributed by atoms with Crippen LogP contribution < -0.4 is 0 Å². The largest absolute Gasteiger partial charge is 0.251 e. The zero-order valence-electron chi connectivity index (χ0n) is 7.32. The summed E-state index contributed by atoms with van der Waals surface area (Å²) in [5.74, 6) is -0.332. The zero-order chi connectivity index (χ0) is 9.97. The van der Waals surface area contributed by atoms with Crippen LogP contribution in [-0.4, -0.2) is 9.78 Å². The van der Waals surface area contributed by atoms with Crippen LogP contribution in [0.1, 0.15) is 5.56 Å². The van der Waals surface area contributed by atoms with Crippen molar-refractivity contribution < 1.29 is 4.39 Å². The van der Waals surface area contributed by atoms with E-state index in [9.17, 15) is 4.39 Å². The van der Waals surface area contributed by atoms with Crippen LogP contribution >= 0.6 is 15.9 Å². The summed E-state index contributed by atoms with van der Waals surface area (Å²) in [6.45, 7) is 0.575. The molecule has 0 radical (unpaired) electrons. The van der Waals surface area contributed by atoms with E-state index in [1.807, 2.05) is 30.3 Å². The van der Waals surface area contributed by atoms with Gasteiger partial charge in [-0.1, -0.05) is 30.3 Å². The van der Waals surface area contributed by atoms with Gasteiger partial charge in [-0.15, -0.1) is 0 Å². The molecule has 0 aliphatic rings. The third-order valence-corrected chi connectivity index (χ3v) is 2.70. The van der Waals surface area contributed by atoms with Gasteiger partial charge in [0.25, 0.3) is 0 Å². The van der Waals surface area contributed by atoms with E-state index in [1.54, 1.807) is 4.68 Å². The molecule has 14 heavy (non-hydrogen) atoms. The van der Waals surface area contributed by atoms with Crippen molar-refractivity contribution in [1.29, 1.82) is 0 Å². The van der Waals surface area contributed by atoms with Crippen molar-refractivity contribution in [2.24, 2.45) is 0 Å². The second-order valence-electron chi connectivity index (χ2n) is 2.93. The molecule has 4 heteroatoms. The molecule has 0 aliphatic heterocycles. The van der Waals surface area contributed by atoms with Crippen LogP contribution in [0, 0.1) is 5.82 Å². The molecule has 1 aromatic heterocycles. The third-order valence-electron chi connectivity index (χ3n) is 1.91. The maximum atomic E-state index is 12.9. The summed E-state index contributed by atoms with van der Waals surface area (Å²) >= 11 is 3.13. The normalized spacial score (nSPS) is 10.4. The van der Waals surface area contributed by atoms with Gasteiger partial charge in [0.15, 0.2) is 5.82 Å². The van der Waals surface area contributed by atoms with E-state index in [1.165, 1.54) is 6.20 Å². The minimum absolute atomic E-state index is 0.332. The first kappa shape index (κ1) is 9.40. The molecule has 0 unspecified atom stereocenters. The molecule has 0 spiro atoms. The molecule has 2 rings (SSSR count). The molecule has 1 aromatic carbocycles. The topological polar surface area (TPSA) is 17.8 Å². The SMILES string of the molecule is Fc1cnn(Cc2ccccc2)c1Br. The standard InChI is InChI=1S/C10H8BrFN2/c11-10-9(12)6-13-14(10)7-8-4-2-1-3-5-8/h1-6H,7H2. The van der Waals surface area contributed by atoms with Gasteiger partial charge < -0.3 is 0 Å². The average molecular weight is 255 g/mol. The molecule has 0 aliphatic carbocycles. The number of benzene rings is 1. The number of nitrogens with zero attached hydrogens (tertiary/aromatic N) is 2. The minimum Gasteiger partial charge on any atom is -0.251 e. The smallest absolute Gasteiger partial charge is 0.175 e. The number of hydrogen-bond acceptors (Lipinski definition) is 1. The van der Waals surface area contributed by atoms with Gasteiger partial charge >= 0.3 is 0 Å². The Bertz CT molecular complexity index is 425. The second kappa shape index (κ2) is 3.92. The highest BCUT2D eigenvalue weighted by Gasteiger charge is 2.06. The Labute approximate surface area is 89.5 Å². The highest BCUT2D eigenvalue weighted by atomic mass is 79.9. The summed E-state index contributed by atoms with van der Waals surface area (Å²) in [6.07, 6.45) is 1.20. The predicted octanol–water partition coefficient (Wildman–Crippen LogP) is 2.83. The zero-order valence-corrected chi connectivity index (χ0v) is 8.91. The van der Waals surface area contributed by atoms with E-state index in [2.05, 4.69) is 21.0 Å². The first-order chi connectivity index (χ1) is 6.77. The molecule has 0 saturated carbocycles. The maximum absolute atomic E-state index is 12.9. The molecule has 0 saturated heterocycles. The van der Waals surface area contributed by atoms with Gasteiger partial charge in [-0.05, 0) is 21.5 Å². The number of halogens is 2. The average Bonchev–Trinajstić information content (AvgIpc) is 2.52. The molecule has 0 fully saturated rings. The number of aromatic nitrogens is 2. The molecule has 1 heterocycles. The highest BCUT2D eigenvalue weighted by molar-refractivity contribution is 9.10. The van der Waals surface area contributed by atoms with Crippen LogP contribution in [-0.2, 0) is 6.54 Å². The van der Waals surface area contributed by atoms with Crippen LogP contribution in [0.15, 0.2) is 41.1 Å². The second-order valence-corrected chi connectivity index (χ2v) is 3.68. The summed E-state index contributed by atoms with van der Waals surface area (Å²) in [6, 6.07) is 9.80. The fourth-order valence-electron chi connectivity index (χ4n) is 1.21. The molecule has 0 N–H and O–H groups in total. The first-order valence-corrected chi connectivity index (χ1v) is 4.97. The monoisotopic (exact) mass is 254 g/mol. The Kier molecular flexibility index (Phi) is 2.63. The van der Waals surface area contributed by atoms with Gasteiger partial charge in [0.1, 0.15) is 4.60 Å². The van der Waals surface area contributed by atoms with Crippen molar-refractivity contribution in [3.05, 3.63) is 52.5 Å². The van der Waals surface area contributed by atoms with Crippen molar-refractivity contribution in [2.75, 3.05) is 0 Å². The quantitative estimate of drug-likeness (QED) is 0.806. The Morgan fingerprint density at radius 2 is 2.00 bits per heavy atom. The molecule has 2 nitrogen and oxygen atoms in total. The predicted molar refractivity (Wildman–Crippen MR) is 55.4 cm³/mol. The Morgan fingerprint density at radius 3 is 2.57 bits per heavy atom. The van der Waals surface area contributed by atoms with Crippen LogP contribution in [0.5, 0.6) is 0 Å². The fraction of sp³-hybridized carbons (Fsp3) is 0.100. The van der Waals surface area contributed by atoms with Crippen LogP contribution in [0.3, 0.4) is 0 Å². The van der Waals surface area contributed by atoms with Crippen molar-refractivity contribution in [1.82, 2.24) is 9.78 Å². The summed E-state index contributed by atoms with van der Waals surface area (Å²) in [5, 5.41) is 3.91. The van der Waals surface area contributed by atoms with Crippen LogP contribution in [0.2, 0.25) is 0 Å². The molecule has 0 atom stereocenters. The van der Waals surface area contributed by atoms with E-state index < -0.39 is 0 Å². The van der Waals surface area contributed by atoms with Gasteiger partial charge in [0, 0.05) is 0 Å². The maximum Gasteiger partial charge on any atom is 0.175 e. The summed E-state index contributed by atoms with van der Waals surface area (Å²) in [5.41, 5.74) is 1.09. The van der Waals surface area contributed by atoms with E-state index >= 15 is 0 Å². The summed E-state index contributed by atoms with van der Waals surface area (Å²) in [7, 11) is 0. The first-order valence-electron chi connectivity index (χ1n) is 4.18. The molecular weight excluding hydrogens is 247 g/mol. The Morgan fingerprint density at radius 1 is 1.29 bits per heavy atom. The van der Waals surface area contributed by atoms with E-state index in [4.69, 9.17) is 0 Å². The lowest BCUT2D eigenvalue weighted by atomic mass is 10.2. The molecular formula is C10H8BrFN2. The van der Waals surface area contributed by atoms with Gasteiger partial charge in [0.05, 0.1) is 12.7 Å². The number of rotatable bonds is 2. The molecule has 0 amide bonds. The lowest BCUT2D eigenvalue weighted by Gasteiger charge is -2.02. The van der Waals surface area contributed by atoms with Gasteiger partial charge in [-0.2, -0.15) is 5.10 Å². The van der Waals surface area contributed by atoms with E-state index in [0.29, 0.717) is 11.1 Å². The summed E-state index contributed by atoms with van der Waals surface area (Å²) in [4.78, 5) is 0. The third kappa shape index (κ3) is 1.85. The van der Waals surface area contributed by atoms with Gasteiger partial charge in [-0.25, -0.2) is 4.39 Å². The Balaban J connectivity index is 2.23. The van der Waals surface area contributed by atoms with Crippen molar-refractivity contribution >= 4 is 15.9 Å². The van der Waals surface area contributed by atoms with Crippen molar-refractivity contribution in [2.45, 2.75) is 6.54 Å². The number of hydrogen-bond donors (Lipinski definition) is 0. The van der Waals surface area contributed by atoms with Crippen molar-refractivity contribution in [3.8, 4) is 0 Å². The minimum atomic E-state index is -0.332. The van der Waals surface area contributed by atoms with Crippen molar-refractivity contribution in [3.63, 3.8) is 0 Å². The molecule has 0 bridgehead atoms.